The molecule has 0 heterocycles. The highest BCUT2D eigenvalue weighted by molar-refractivity contribution is 7.89. The van der Waals surface area contributed by atoms with E-state index in [2.05, 4.69) is 10.0 Å². The number of carbonyl (C=O) groups is 1. The van der Waals surface area contributed by atoms with E-state index in [1.54, 1.807) is 12.1 Å². The number of para-hydroxylation sites is 1. The van der Waals surface area contributed by atoms with E-state index in [0.29, 0.717) is 5.69 Å². The molecular weight excluding hydrogens is 319 g/mol. The van der Waals surface area contributed by atoms with Crippen LogP contribution in [0, 0.1) is 5.82 Å². The average molecular weight is 336 g/mol. The Balaban J connectivity index is 2.03. The first-order valence-electron chi connectivity index (χ1n) is 7.06. The van der Waals surface area contributed by atoms with E-state index in [-0.39, 0.29) is 0 Å². The molecule has 0 atom stereocenters. The summed E-state index contributed by atoms with van der Waals surface area (Å²) in [6.07, 6.45) is 0.734. The van der Waals surface area contributed by atoms with Crippen LogP contribution in [0.3, 0.4) is 0 Å². The molecule has 0 saturated heterocycles. The Morgan fingerprint density at radius 3 is 2.43 bits per heavy atom. The third-order valence-corrected chi connectivity index (χ3v) is 4.66. The molecule has 0 aliphatic carbocycles. The molecule has 5 nitrogen and oxygen atoms in total. The topological polar surface area (TPSA) is 75.3 Å². The predicted molar refractivity (Wildman–Crippen MR) is 86.0 cm³/mol. The van der Waals surface area contributed by atoms with Crippen molar-refractivity contribution in [2.75, 3.05) is 11.9 Å². The van der Waals surface area contributed by atoms with Crippen LogP contribution in [-0.2, 0) is 21.2 Å². The van der Waals surface area contributed by atoms with Gasteiger partial charge in [0.15, 0.2) is 0 Å². The summed E-state index contributed by atoms with van der Waals surface area (Å²) in [5.41, 5.74) is 1.57. The van der Waals surface area contributed by atoms with E-state index in [1.165, 1.54) is 12.1 Å². The molecule has 0 radical (unpaired) electrons. The molecule has 2 N–H and O–H groups in total. The van der Waals surface area contributed by atoms with Gasteiger partial charge in [-0.15, -0.1) is 0 Å². The number of anilines is 1. The number of rotatable bonds is 6. The maximum atomic E-state index is 13.5. The van der Waals surface area contributed by atoms with E-state index < -0.39 is 33.2 Å². The molecule has 0 aliphatic rings. The zero-order valence-corrected chi connectivity index (χ0v) is 13.4. The summed E-state index contributed by atoms with van der Waals surface area (Å²) in [5, 5.41) is 2.64. The Hall–Kier alpha value is -2.25. The van der Waals surface area contributed by atoms with Crippen LogP contribution >= 0.6 is 0 Å². The molecule has 0 aliphatic heterocycles. The molecule has 2 rings (SSSR count). The number of hydrogen-bond acceptors (Lipinski definition) is 3. The summed E-state index contributed by atoms with van der Waals surface area (Å²) >= 11 is 0. The fourth-order valence-corrected chi connectivity index (χ4v) is 3.11. The summed E-state index contributed by atoms with van der Waals surface area (Å²) in [6, 6.07) is 12.2. The summed E-state index contributed by atoms with van der Waals surface area (Å²) < 4.78 is 39.6. The van der Waals surface area contributed by atoms with Crippen molar-refractivity contribution in [3.63, 3.8) is 0 Å². The lowest BCUT2D eigenvalue weighted by atomic mass is 10.1. The zero-order valence-electron chi connectivity index (χ0n) is 12.5. The monoisotopic (exact) mass is 336 g/mol. The van der Waals surface area contributed by atoms with Crippen molar-refractivity contribution in [1.82, 2.24) is 4.72 Å². The first kappa shape index (κ1) is 17.1. The number of sulfonamides is 1. The van der Waals surface area contributed by atoms with E-state index in [9.17, 15) is 17.6 Å². The number of hydrogen-bond donors (Lipinski definition) is 2. The van der Waals surface area contributed by atoms with Gasteiger partial charge < -0.3 is 5.32 Å². The molecule has 2 aromatic carbocycles. The van der Waals surface area contributed by atoms with Crippen LogP contribution in [0.25, 0.3) is 0 Å². The summed E-state index contributed by atoms with van der Waals surface area (Å²) in [5.74, 6) is -1.39. The SMILES string of the molecule is CCc1ccccc1NC(=O)CNS(=O)(=O)c1ccccc1F. The second-order valence-corrected chi connectivity index (χ2v) is 6.55. The molecule has 2 aromatic rings. The Morgan fingerprint density at radius 1 is 1.09 bits per heavy atom. The van der Waals surface area contributed by atoms with Gasteiger partial charge in [0.2, 0.25) is 15.9 Å². The lowest BCUT2D eigenvalue weighted by Crippen LogP contribution is -2.33. The van der Waals surface area contributed by atoms with Crippen LogP contribution in [-0.4, -0.2) is 20.9 Å². The van der Waals surface area contributed by atoms with Crippen LogP contribution in [0.5, 0.6) is 0 Å². The fourth-order valence-electron chi connectivity index (χ4n) is 2.05. The molecule has 7 heteroatoms. The number of benzene rings is 2. The van der Waals surface area contributed by atoms with Crippen molar-refractivity contribution in [3.05, 3.63) is 59.9 Å². The van der Waals surface area contributed by atoms with Crippen LogP contribution in [0.1, 0.15) is 12.5 Å². The number of carbonyl (C=O) groups excluding carboxylic acids is 1. The predicted octanol–water partition coefficient (Wildman–Crippen LogP) is 2.31. The van der Waals surface area contributed by atoms with E-state index in [0.717, 1.165) is 24.1 Å². The fraction of sp³-hybridized carbons (Fsp3) is 0.188. The van der Waals surface area contributed by atoms with Crippen LogP contribution in [0.2, 0.25) is 0 Å². The second kappa shape index (κ2) is 7.34. The van der Waals surface area contributed by atoms with E-state index in [4.69, 9.17) is 0 Å². The summed E-state index contributed by atoms with van der Waals surface area (Å²) in [6.45, 7) is 1.47. The lowest BCUT2D eigenvalue weighted by molar-refractivity contribution is -0.115. The normalized spacial score (nSPS) is 11.2. The minimum absolute atomic E-state index is 0.477. The molecular formula is C16H17FN2O3S. The molecule has 0 spiro atoms. The van der Waals surface area contributed by atoms with Crippen molar-refractivity contribution in [1.29, 1.82) is 0 Å². The standard InChI is InChI=1S/C16H17FN2O3S/c1-2-12-7-3-5-9-14(12)19-16(20)11-18-23(21,22)15-10-6-4-8-13(15)17/h3-10,18H,2,11H2,1H3,(H,19,20). The van der Waals surface area contributed by atoms with Gasteiger partial charge in [0.1, 0.15) is 10.7 Å². The average Bonchev–Trinajstić information content (AvgIpc) is 2.54. The van der Waals surface area contributed by atoms with E-state index >= 15 is 0 Å². The highest BCUT2D eigenvalue weighted by Crippen LogP contribution is 2.15. The highest BCUT2D eigenvalue weighted by atomic mass is 32.2. The largest absolute Gasteiger partial charge is 0.325 e. The molecule has 0 fully saturated rings. The number of amides is 1. The van der Waals surface area contributed by atoms with Gasteiger partial charge in [-0.3, -0.25) is 4.79 Å². The first-order chi connectivity index (χ1) is 10.9. The van der Waals surface area contributed by atoms with Crippen LogP contribution < -0.4 is 10.0 Å². The molecule has 0 bridgehead atoms. The second-order valence-electron chi connectivity index (χ2n) is 4.81. The zero-order chi connectivity index (χ0) is 16.9. The van der Waals surface area contributed by atoms with Crippen molar-refractivity contribution < 1.29 is 17.6 Å². The maximum Gasteiger partial charge on any atom is 0.243 e. The van der Waals surface area contributed by atoms with Gasteiger partial charge in [-0.1, -0.05) is 37.3 Å². The van der Waals surface area contributed by atoms with Crippen molar-refractivity contribution >= 4 is 21.6 Å². The van der Waals surface area contributed by atoms with E-state index in [1.807, 2.05) is 19.1 Å². The molecule has 0 unspecified atom stereocenters. The maximum absolute atomic E-state index is 13.5. The van der Waals surface area contributed by atoms with Crippen molar-refractivity contribution in [2.45, 2.75) is 18.2 Å². The highest BCUT2D eigenvalue weighted by Gasteiger charge is 2.19. The molecule has 0 aromatic heterocycles. The third kappa shape index (κ3) is 4.37. The van der Waals surface area contributed by atoms with Gasteiger partial charge in [0.05, 0.1) is 6.54 Å². The van der Waals surface area contributed by atoms with Gasteiger partial charge >= 0.3 is 0 Å². The number of nitrogens with one attached hydrogen (secondary N) is 2. The number of halogens is 1. The Labute approximate surface area is 134 Å². The smallest absolute Gasteiger partial charge is 0.243 e. The van der Waals surface area contributed by atoms with Gasteiger partial charge in [-0.25, -0.2) is 17.5 Å². The Bertz CT molecular complexity index is 806. The Kier molecular flexibility index (Phi) is 5.46. The van der Waals surface area contributed by atoms with Crippen molar-refractivity contribution in [3.8, 4) is 0 Å². The van der Waals surface area contributed by atoms with Gasteiger partial charge in [0, 0.05) is 5.69 Å². The summed E-state index contributed by atoms with van der Waals surface area (Å²) in [7, 11) is -4.08. The van der Waals surface area contributed by atoms with Crippen LogP contribution in [0.4, 0.5) is 10.1 Å². The minimum Gasteiger partial charge on any atom is -0.325 e. The Morgan fingerprint density at radius 2 is 1.74 bits per heavy atom. The molecule has 1 amide bonds. The van der Waals surface area contributed by atoms with Gasteiger partial charge in [-0.2, -0.15) is 0 Å². The number of aryl methyl sites for hydroxylation is 1. The van der Waals surface area contributed by atoms with Crippen LogP contribution in [0.15, 0.2) is 53.4 Å². The van der Waals surface area contributed by atoms with Crippen molar-refractivity contribution in [2.24, 2.45) is 0 Å². The van der Waals surface area contributed by atoms with Gasteiger partial charge in [0.25, 0.3) is 0 Å². The molecule has 122 valence electrons. The van der Waals surface area contributed by atoms with Gasteiger partial charge in [-0.05, 0) is 30.2 Å². The minimum atomic E-state index is -4.08. The quantitative estimate of drug-likeness (QED) is 0.850. The summed E-state index contributed by atoms with van der Waals surface area (Å²) in [4.78, 5) is 11.4. The third-order valence-electron chi connectivity index (χ3n) is 3.22. The lowest BCUT2D eigenvalue weighted by Gasteiger charge is -2.11. The molecule has 0 saturated carbocycles. The molecule has 23 heavy (non-hydrogen) atoms. The first-order valence-corrected chi connectivity index (χ1v) is 8.54.